The zero-order chi connectivity index (χ0) is 9.72. The van der Waals surface area contributed by atoms with Crippen LogP contribution in [0.25, 0.3) is 0 Å². The molecule has 12 heavy (non-hydrogen) atoms. The molecule has 2 unspecified atom stereocenters. The molecule has 0 radical (unpaired) electrons. The van der Waals surface area contributed by atoms with Gasteiger partial charge in [-0.05, 0) is 31.6 Å². The van der Waals surface area contributed by atoms with E-state index in [1.165, 1.54) is 5.57 Å². The maximum absolute atomic E-state index is 3.89. The van der Waals surface area contributed by atoms with Gasteiger partial charge >= 0.3 is 0 Å². The van der Waals surface area contributed by atoms with Gasteiger partial charge in [0, 0.05) is 0 Å². The monoisotopic (exact) mass is 166 g/mol. The van der Waals surface area contributed by atoms with Gasteiger partial charge in [-0.3, -0.25) is 0 Å². The largest absolute Gasteiger partial charge is 0.103 e. The van der Waals surface area contributed by atoms with Crippen LogP contribution >= 0.6 is 0 Å². The smallest absolute Gasteiger partial charge is 0.0150 e. The summed E-state index contributed by atoms with van der Waals surface area (Å²) in [5.74, 6) is 1.93. The van der Waals surface area contributed by atoms with Crippen LogP contribution < -0.4 is 0 Å². The van der Waals surface area contributed by atoms with E-state index in [0.717, 1.165) is 0 Å². The summed E-state index contributed by atoms with van der Waals surface area (Å²) in [4.78, 5) is 0. The Morgan fingerprint density at radius 1 is 1.25 bits per heavy atom. The van der Waals surface area contributed by atoms with Crippen LogP contribution in [0.5, 0.6) is 0 Å². The Bertz CT molecular complexity index is 163. The van der Waals surface area contributed by atoms with Crippen LogP contribution in [0.15, 0.2) is 24.3 Å². The molecule has 0 bridgehead atoms. The molecule has 2 atom stereocenters. The molecule has 0 amide bonds. The fraction of sp³-hybridized carbons (Fsp3) is 0.667. The SMILES string of the molecule is C=CC(C(C)C)C(C)C(C)=CC. The highest BCUT2D eigenvalue weighted by Gasteiger charge is 2.17. The molecule has 0 nitrogen and oxygen atoms in total. The molecule has 70 valence electrons. The molecule has 0 spiro atoms. The predicted octanol–water partition coefficient (Wildman–Crippen LogP) is 4.05. The Morgan fingerprint density at radius 3 is 2.00 bits per heavy atom. The second kappa shape index (κ2) is 5.18. The van der Waals surface area contributed by atoms with Crippen molar-refractivity contribution in [2.75, 3.05) is 0 Å². The summed E-state index contributed by atoms with van der Waals surface area (Å²) in [6.07, 6.45) is 4.28. The minimum atomic E-state index is 0.612. The average Bonchev–Trinajstić information content (AvgIpc) is 2.03. The highest BCUT2D eigenvalue weighted by atomic mass is 14.2. The summed E-state index contributed by atoms with van der Waals surface area (Å²) >= 11 is 0. The molecule has 0 aliphatic carbocycles. The lowest BCUT2D eigenvalue weighted by Gasteiger charge is -2.24. The van der Waals surface area contributed by atoms with E-state index < -0.39 is 0 Å². The van der Waals surface area contributed by atoms with Crippen molar-refractivity contribution in [2.24, 2.45) is 17.8 Å². The van der Waals surface area contributed by atoms with E-state index in [2.05, 4.69) is 53.3 Å². The molecule has 0 aromatic carbocycles. The van der Waals surface area contributed by atoms with Crippen molar-refractivity contribution in [3.63, 3.8) is 0 Å². The number of hydrogen-bond donors (Lipinski definition) is 0. The molecule has 0 saturated heterocycles. The lowest BCUT2D eigenvalue weighted by molar-refractivity contribution is 0.371. The van der Waals surface area contributed by atoms with E-state index >= 15 is 0 Å². The van der Waals surface area contributed by atoms with Crippen LogP contribution in [0.1, 0.15) is 34.6 Å². The van der Waals surface area contributed by atoms with E-state index in [0.29, 0.717) is 17.8 Å². The first kappa shape index (κ1) is 11.5. The molecule has 0 saturated carbocycles. The first-order chi connectivity index (χ1) is 5.54. The second-order valence-corrected chi connectivity index (χ2v) is 3.88. The van der Waals surface area contributed by atoms with Gasteiger partial charge < -0.3 is 0 Å². The molecular formula is C12H22. The minimum Gasteiger partial charge on any atom is -0.103 e. The van der Waals surface area contributed by atoms with Crippen molar-refractivity contribution in [3.8, 4) is 0 Å². The Morgan fingerprint density at radius 2 is 1.75 bits per heavy atom. The van der Waals surface area contributed by atoms with Crippen molar-refractivity contribution < 1.29 is 0 Å². The van der Waals surface area contributed by atoms with Gasteiger partial charge in [0.05, 0.1) is 0 Å². The topological polar surface area (TPSA) is 0 Å². The zero-order valence-electron chi connectivity index (χ0n) is 9.09. The molecule has 0 aliphatic heterocycles. The predicted molar refractivity (Wildman–Crippen MR) is 57.1 cm³/mol. The Balaban J connectivity index is 4.41. The summed E-state index contributed by atoms with van der Waals surface area (Å²) in [6, 6.07) is 0. The molecule has 0 N–H and O–H groups in total. The molecule has 0 heteroatoms. The summed E-state index contributed by atoms with van der Waals surface area (Å²) in [5, 5.41) is 0. The highest BCUT2D eigenvalue weighted by molar-refractivity contribution is 5.05. The fourth-order valence-electron chi connectivity index (χ4n) is 1.62. The standard InChI is InChI=1S/C12H22/c1-7-10(5)11(6)12(8-2)9(3)4/h7-9,11-12H,2H2,1,3-6H3. The number of rotatable bonds is 4. The first-order valence-corrected chi connectivity index (χ1v) is 4.79. The van der Waals surface area contributed by atoms with Gasteiger partial charge in [-0.1, -0.05) is 38.5 Å². The van der Waals surface area contributed by atoms with Crippen LogP contribution in [0.3, 0.4) is 0 Å². The van der Waals surface area contributed by atoms with Crippen molar-refractivity contribution in [3.05, 3.63) is 24.3 Å². The van der Waals surface area contributed by atoms with Crippen LogP contribution in [0.4, 0.5) is 0 Å². The van der Waals surface area contributed by atoms with Gasteiger partial charge in [-0.25, -0.2) is 0 Å². The van der Waals surface area contributed by atoms with E-state index in [1.807, 2.05) is 0 Å². The van der Waals surface area contributed by atoms with E-state index in [9.17, 15) is 0 Å². The molecule has 0 aromatic heterocycles. The van der Waals surface area contributed by atoms with E-state index in [4.69, 9.17) is 0 Å². The normalized spacial score (nSPS) is 17.7. The lowest BCUT2D eigenvalue weighted by Crippen LogP contribution is -2.16. The minimum absolute atomic E-state index is 0.612. The molecular weight excluding hydrogens is 144 g/mol. The molecule has 0 heterocycles. The average molecular weight is 166 g/mol. The molecule has 0 rings (SSSR count). The third-order valence-corrected chi connectivity index (χ3v) is 2.79. The fourth-order valence-corrected chi connectivity index (χ4v) is 1.62. The Labute approximate surface area is 77.4 Å². The third-order valence-electron chi connectivity index (χ3n) is 2.79. The quantitative estimate of drug-likeness (QED) is 0.553. The van der Waals surface area contributed by atoms with Gasteiger partial charge in [-0.15, -0.1) is 6.58 Å². The summed E-state index contributed by atoms with van der Waals surface area (Å²) in [5.41, 5.74) is 1.47. The van der Waals surface area contributed by atoms with Crippen LogP contribution in [0, 0.1) is 17.8 Å². The van der Waals surface area contributed by atoms with Crippen molar-refractivity contribution in [2.45, 2.75) is 34.6 Å². The summed E-state index contributed by atoms with van der Waals surface area (Å²) in [7, 11) is 0. The van der Waals surface area contributed by atoms with Gasteiger partial charge in [0.1, 0.15) is 0 Å². The van der Waals surface area contributed by atoms with Crippen LogP contribution in [0.2, 0.25) is 0 Å². The van der Waals surface area contributed by atoms with Crippen molar-refractivity contribution in [1.82, 2.24) is 0 Å². The number of hydrogen-bond acceptors (Lipinski definition) is 0. The van der Waals surface area contributed by atoms with Crippen LogP contribution in [-0.4, -0.2) is 0 Å². The lowest BCUT2D eigenvalue weighted by atomic mass is 9.81. The highest BCUT2D eigenvalue weighted by Crippen LogP contribution is 2.27. The maximum atomic E-state index is 3.89. The van der Waals surface area contributed by atoms with Gasteiger partial charge in [0.2, 0.25) is 0 Å². The molecule has 0 fully saturated rings. The van der Waals surface area contributed by atoms with E-state index in [-0.39, 0.29) is 0 Å². The Kier molecular flexibility index (Phi) is 4.96. The van der Waals surface area contributed by atoms with Crippen molar-refractivity contribution >= 4 is 0 Å². The van der Waals surface area contributed by atoms with Crippen molar-refractivity contribution in [1.29, 1.82) is 0 Å². The zero-order valence-corrected chi connectivity index (χ0v) is 9.09. The van der Waals surface area contributed by atoms with Gasteiger partial charge in [0.15, 0.2) is 0 Å². The maximum Gasteiger partial charge on any atom is -0.0150 e. The summed E-state index contributed by atoms with van der Waals surface area (Å²) in [6.45, 7) is 15.0. The van der Waals surface area contributed by atoms with Crippen LogP contribution in [-0.2, 0) is 0 Å². The van der Waals surface area contributed by atoms with Gasteiger partial charge in [-0.2, -0.15) is 0 Å². The first-order valence-electron chi connectivity index (χ1n) is 4.79. The molecule has 0 aromatic rings. The van der Waals surface area contributed by atoms with Gasteiger partial charge in [0.25, 0.3) is 0 Å². The second-order valence-electron chi connectivity index (χ2n) is 3.88. The molecule has 0 aliphatic rings. The Hall–Kier alpha value is -0.520. The van der Waals surface area contributed by atoms with E-state index in [1.54, 1.807) is 0 Å². The summed E-state index contributed by atoms with van der Waals surface area (Å²) < 4.78 is 0. The number of allylic oxidation sites excluding steroid dienone is 3. The third kappa shape index (κ3) is 2.84.